The molecule has 0 atom stereocenters. The average Bonchev–Trinajstić information content (AvgIpc) is 2.81. The number of benzene rings is 1. The third kappa shape index (κ3) is 3.10. The molecular formula is C15H17N3O3. The molecule has 0 aliphatic rings. The molecule has 0 aliphatic heterocycles. The summed E-state index contributed by atoms with van der Waals surface area (Å²) in [6.45, 7) is 5.83. The number of hydrogen-bond acceptors (Lipinski definition) is 3. The predicted octanol–water partition coefficient (Wildman–Crippen LogP) is 2.72. The summed E-state index contributed by atoms with van der Waals surface area (Å²) in [5.41, 5.74) is 2.02. The van der Waals surface area contributed by atoms with Crippen molar-refractivity contribution >= 4 is 17.6 Å². The number of hydrogen-bond donors (Lipinski definition) is 2. The standard InChI is InChI=1S/C15H17N3O3/c1-9(2)18-10(3)13(8-16-18)14(19)17-12-6-4-11(5-7-12)15(20)21/h4-9H,1-3H3,(H,17,19)(H,20,21). The molecule has 0 saturated heterocycles. The van der Waals surface area contributed by atoms with Crippen molar-refractivity contribution in [1.82, 2.24) is 9.78 Å². The van der Waals surface area contributed by atoms with Gasteiger partial charge < -0.3 is 10.4 Å². The molecule has 1 aromatic carbocycles. The summed E-state index contributed by atoms with van der Waals surface area (Å²) < 4.78 is 1.78. The molecule has 1 aromatic heterocycles. The van der Waals surface area contributed by atoms with Crippen LogP contribution in [0, 0.1) is 6.92 Å². The highest BCUT2D eigenvalue weighted by Crippen LogP contribution is 2.16. The molecule has 2 rings (SSSR count). The zero-order chi connectivity index (χ0) is 15.6. The van der Waals surface area contributed by atoms with Crippen molar-refractivity contribution in [3.05, 3.63) is 47.3 Å². The van der Waals surface area contributed by atoms with E-state index in [1.807, 2.05) is 20.8 Å². The Kier molecular flexibility index (Phi) is 4.07. The van der Waals surface area contributed by atoms with E-state index in [9.17, 15) is 9.59 Å². The first-order valence-electron chi connectivity index (χ1n) is 6.59. The highest BCUT2D eigenvalue weighted by atomic mass is 16.4. The van der Waals surface area contributed by atoms with E-state index in [2.05, 4.69) is 10.4 Å². The van der Waals surface area contributed by atoms with Crippen LogP contribution in [0.5, 0.6) is 0 Å². The van der Waals surface area contributed by atoms with Gasteiger partial charge in [0, 0.05) is 17.4 Å². The molecule has 6 nitrogen and oxygen atoms in total. The van der Waals surface area contributed by atoms with Crippen molar-refractivity contribution < 1.29 is 14.7 Å². The Morgan fingerprint density at radius 2 is 1.86 bits per heavy atom. The lowest BCUT2D eigenvalue weighted by Crippen LogP contribution is -2.14. The summed E-state index contributed by atoms with van der Waals surface area (Å²) in [4.78, 5) is 23.0. The Hall–Kier alpha value is -2.63. The summed E-state index contributed by atoms with van der Waals surface area (Å²) in [6.07, 6.45) is 1.54. The second-order valence-electron chi connectivity index (χ2n) is 5.02. The molecular weight excluding hydrogens is 270 g/mol. The normalized spacial score (nSPS) is 10.7. The second kappa shape index (κ2) is 5.78. The lowest BCUT2D eigenvalue weighted by Gasteiger charge is -2.09. The summed E-state index contributed by atoms with van der Waals surface area (Å²) in [5, 5.41) is 15.8. The number of rotatable bonds is 4. The highest BCUT2D eigenvalue weighted by Gasteiger charge is 2.15. The van der Waals surface area contributed by atoms with E-state index in [4.69, 9.17) is 5.11 Å². The lowest BCUT2D eigenvalue weighted by molar-refractivity contribution is 0.0696. The van der Waals surface area contributed by atoms with Crippen molar-refractivity contribution in [1.29, 1.82) is 0 Å². The van der Waals surface area contributed by atoms with Crippen LogP contribution in [0.2, 0.25) is 0 Å². The van der Waals surface area contributed by atoms with E-state index in [-0.39, 0.29) is 17.5 Å². The van der Waals surface area contributed by atoms with Crippen LogP contribution in [0.25, 0.3) is 0 Å². The Balaban J connectivity index is 2.16. The van der Waals surface area contributed by atoms with E-state index in [1.165, 1.54) is 18.3 Å². The van der Waals surface area contributed by atoms with Gasteiger partial charge in [-0.25, -0.2) is 4.79 Å². The molecule has 2 N–H and O–H groups in total. The lowest BCUT2D eigenvalue weighted by atomic mass is 10.2. The van der Waals surface area contributed by atoms with E-state index >= 15 is 0 Å². The third-order valence-electron chi connectivity index (χ3n) is 3.17. The number of aromatic nitrogens is 2. The summed E-state index contributed by atoms with van der Waals surface area (Å²) in [6, 6.07) is 6.19. The maximum absolute atomic E-state index is 12.2. The SMILES string of the molecule is Cc1c(C(=O)Nc2ccc(C(=O)O)cc2)cnn1C(C)C. The van der Waals surface area contributed by atoms with E-state index in [0.29, 0.717) is 11.3 Å². The second-order valence-corrected chi connectivity index (χ2v) is 5.02. The number of nitrogens with one attached hydrogen (secondary N) is 1. The number of carbonyl (C=O) groups excluding carboxylic acids is 1. The molecule has 0 spiro atoms. The van der Waals surface area contributed by atoms with Crippen LogP contribution in [0.1, 0.15) is 46.3 Å². The average molecular weight is 287 g/mol. The smallest absolute Gasteiger partial charge is 0.335 e. The van der Waals surface area contributed by atoms with Gasteiger partial charge in [-0.2, -0.15) is 5.10 Å². The van der Waals surface area contributed by atoms with Gasteiger partial charge in [0.1, 0.15) is 0 Å². The summed E-state index contributed by atoms with van der Waals surface area (Å²) >= 11 is 0. The van der Waals surface area contributed by atoms with Crippen LogP contribution < -0.4 is 5.32 Å². The van der Waals surface area contributed by atoms with E-state index in [1.54, 1.807) is 16.8 Å². The van der Waals surface area contributed by atoms with Crippen molar-refractivity contribution in [2.75, 3.05) is 5.32 Å². The molecule has 21 heavy (non-hydrogen) atoms. The van der Waals surface area contributed by atoms with Gasteiger partial charge in [0.15, 0.2) is 0 Å². The highest BCUT2D eigenvalue weighted by molar-refractivity contribution is 6.05. The van der Waals surface area contributed by atoms with Crippen LogP contribution in [-0.4, -0.2) is 26.8 Å². The van der Waals surface area contributed by atoms with Gasteiger partial charge in [0.25, 0.3) is 5.91 Å². The fourth-order valence-corrected chi connectivity index (χ4v) is 2.06. The minimum Gasteiger partial charge on any atom is -0.478 e. The van der Waals surface area contributed by atoms with E-state index < -0.39 is 5.97 Å². The first kappa shape index (κ1) is 14.8. The van der Waals surface area contributed by atoms with Crippen molar-refractivity contribution in [3.8, 4) is 0 Å². The molecule has 6 heteroatoms. The van der Waals surface area contributed by atoms with E-state index in [0.717, 1.165) is 5.69 Å². The van der Waals surface area contributed by atoms with Crippen LogP contribution in [0.3, 0.4) is 0 Å². The molecule has 110 valence electrons. The first-order valence-corrected chi connectivity index (χ1v) is 6.59. The molecule has 0 bridgehead atoms. The largest absolute Gasteiger partial charge is 0.478 e. The van der Waals surface area contributed by atoms with Crippen LogP contribution in [-0.2, 0) is 0 Å². The van der Waals surface area contributed by atoms with Gasteiger partial charge in [0.05, 0.1) is 17.3 Å². The van der Waals surface area contributed by atoms with Crippen LogP contribution >= 0.6 is 0 Å². The summed E-state index contributed by atoms with van der Waals surface area (Å²) in [7, 11) is 0. The molecule has 0 unspecified atom stereocenters. The molecule has 1 amide bonds. The minimum absolute atomic E-state index is 0.178. The predicted molar refractivity (Wildman–Crippen MR) is 78.7 cm³/mol. The number of amides is 1. The van der Waals surface area contributed by atoms with Gasteiger partial charge in [-0.1, -0.05) is 0 Å². The van der Waals surface area contributed by atoms with Crippen molar-refractivity contribution in [2.24, 2.45) is 0 Å². The molecule has 0 fully saturated rings. The van der Waals surface area contributed by atoms with Gasteiger partial charge in [-0.3, -0.25) is 9.48 Å². The summed E-state index contributed by atoms with van der Waals surface area (Å²) in [5.74, 6) is -1.26. The van der Waals surface area contributed by atoms with Crippen molar-refractivity contribution in [2.45, 2.75) is 26.8 Å². The molecule has 1 heterocycles. The van der Waals surface area contributed by atoms with Gasteiger partial charge >= 0.3 is 5.97 Å². The zero-order valence-electron chi connectivity index (χ0n) is 12.1. The first-order chi connectivity index (χ1) is 9.90. The number of aromatic carboxylic acids is 1. The number of anilines is 1. The Bertz CT molecular complexity index is 672. The van der Waals surface area contributed by atoms with Gasteiger partial charge in [0.2, 0.25) is 0 Å². The number of carboxylic acid groups (broad SMARTS) is 1. The maximum Gasteiger partial charge on any atom is 0.335 e. The van der Waals surface area contributed by atoms with Crippen LogP contribution in [0.15, 0.2) is 30.5 Å². The Morgan fingerprint density at radius 1 is 1.24 bits per heavy atom. The van der Waals surface area contributed by atoms with Gasteiger partial charge in [-0.05, 0) is 45.0 Å². The van der Waals surface area contributed by atoms with Crippen LogP contribution in [0.4, 0.5) is 5.69 Å². The topological polar surface area (TPSA) is 84.2 Å². The molecule has 0 saturated carbocycles. The Labute approximate surface area is 122 Å². The molecule has 2 aromatic rings. The van der Waals surface area contributed by atoms with Gasteiger partial charge in [-0.15, -0.1) is 0 Å². The number of carboxylic acids is 1. The third-order valence-corrected chi connectivity index (χ3v) is 3.17. The fourth-order valence-electron chi connectivity index (χ4n) is 2.06. The maximum atomic E-state index is 12.2. The quantitative estimate of drug-likeness (QED) is 0.905. The van der Waals surface area contributed by atoms with Crippen molar-refractivity contribution in [3.63, 3.8) is 0 Å². The molecule has 0 aliphatic carbocycles. The number of carbonyl (C=O) groups is 2. The number of nitrogens with zero attached hydrogens (tertiary/aromatic N) is 2. The molecule has 0 radical (unpaired) electrons. The minimum atomic E-state index is -0.998. The Morgan fingerprint density at radius 3 is 2.33 bits per heavy atom. The zero-order valence-corrected chi connectivity index (χ0v) is 12.1. The fraction of sp³-hybridized carbons (Fsp3) is 0.267. The monoisotopic (exact) mass is 287 g/mol.